The van der Waals surface area contributed by atoms with Gasteiger partial charge in [-0.1, -0.05) is 0 Å². The highest BCUT2D eigenvalue weighted by Crippen LogP contribution is 2.32. The van der Waals surface area contributed by atoms with E-state index in [1.165, 1.54) is 0 Å². The summed E-state index contributed by atoms with van der Waals surface area (Å²) < 4.78 is 2.88. The third-order valence-corrected chi connectivity index (χ3v) is 3.85. The Bertz CT molecular complexity index is 427. The Balaban J connectivity index is 0.000000366. The number of hydrazine groups is 1. The van der Waals surface area contributed by atoms with Gasteiger partial charge in [0.1, 0.15) is 0 Å². The smallest absolute Gasteiger partial charge is 0.414 e. The Hall–Kier alpha value is -0.640. The molecule has 0 aliphatic heterocycles. The SMILES string of the molecule is NNc1cc(Br)c(Br)cc1Br.O=C(O)C(=O)O. The molecule has 0 saturated heterocycles. The largest absolute Gasteiger partial charge is 0.473 e. The molecule has 0 aliphatic rings. The lowest BCUT2D eigenvalue weighted by atomic mass is 10.3. The highest BCUT2D eigenvalue weighted by molar-refractivity contribution is 9.13. The van der Waals surface area contributed by atoms with Crippen molar-refractivity contribution in [1.82, 2.24) is 0 Å². The Morgan fingerprint density at radius 2 is 1.41 bits per heavy atom. The molecule has 0 aromatic heterocycles. The lowest BCUT2D eigenvalue weighted by molar-refractivity contribution is -0.159. The van der Waals surface area contributed by atoms with E-state index in [9.17, 15) is 0 Å². The van der Waals surface area contributed by atoms with E-state index in [1.54, 1.807) is 0 Å². The van der Waals surface area contributed by atoms with Crippen LogP contribution in [0.2, 0.25) is 0 Å². The van der Waals surface area contributed by atoms with Crippen LogP contribution < -0.4 is 11.3 Å². The molecular weight excluding hydrogens is 428 g/mol. The number of aliphatic carboxylic acids is 2. The fraction of sp³-hybridized carbons (Fsp3) is 0. The van der Waals surface area contributed by atoms with E-state index in [0.29, 0.717) is 0 Å². The van der Waals surface area contributed by atoms with Crippen molar-refractivity contribution in [3.8, 4) is 0 Å². The summed E-state index contributed by atoms with van der Waals surface area (Å²) in [6.45, 7) is 0. The zero-order valence-corrected chi connectivity index (χ0v) is 12.8. The first-order valence-electron chi connectivity index (χ1n) is 3.87. The second-order valence-electron chi connectivity index (χ2n) is 2.50. The van der Waals surface area contributed by atoms with Gasteiger partial charge in [0.2, 0.25) is 0 Å². The molecule has 0 heterocycles. The molecule has 0 atom stereocenters. The molecule has 0 fully saturated rings. The van der Waals surface area contributed by atoms with Crippen LogP contribution in [0.1, 0.15) is 0 Å². The lowest BCUT2D eigenvalue weighted by Gasteiger charge is -2.04. The molecule has 9 heteroatoms. The molecule has 0 spiro atoms. The number of rotatable bonds is 1. The number of carboxylic acid groups (broad SMARTS) is 2. The average molecular weight is 435 g/mol. The average Bonchev–Trinajstić information content (AvgIpc) is 2.24. The summed E-state index contributed by atoms with van der Waals surface area (Å²) in [4.78, 5) is 18.2. The van der Waals surface area contributed by atoms with Crippen LogP contribution >= 0.6 is 47.8 Å². The monoisotopic (exact) mass is 432 g/mol. The normalized spacial score (nSPS) is 8.94. The van der Waals surface area contributed by atoms with Crippen molar-refractivity contribution in [2.75, 3.05) is 5.43 Å². The topological polar surface area (TPSA) is 113 Å². The van der Waals surface area contributed by atoms with Crippen LogP contribution in [0.25, 0.3) is 0 Å². The van der Waals surface area contributed by atoms with E-state index in [1.807, 2.05) is 12.1 Å². The Morgan fingerprint density at radius 1 is 1.00 bits per heavy atom. The molecule has 17 heavy (non-hydrogen) atoms. The maximum Gasteiger partial charge on any atom is 0.414 e. The number of anilines is 1. The molecule has 0 radical (unpaired) electrons. The number of hydrogen-bond donors (Lipinski definition) is 4. The Labute approximate surface area is 122 Å². The maximum atomic E-state index is 9.10. The number of nitrogens with one attached hydrogen (secondary N) is 1. The quantitative estimate of drug-likeness (QED) is 0.234. The summed E-state index contributed by atoms with van der Waals surface area (Å²) in [6, 6.07) is 3.80. The molecular formula is C8H7Br3N2O4. The molecule has 0 saturated carbocycles. The molecule has 1 rings (SSSR count). The van der Waals surface area contributed by atoms with Crippen LogP contribution in [0.5, 0.6) is 0 Å². The van der Waals surface area contributed by atoms with Gasteiger partial charge >= 0.3 is 11.9 Å². The van der Waals surface area contributed by atoms with Crippen molar-refractivity contribution >= 4 is 65.4 Å². The second kappa shape index (κ2) is 7.64. The van der Waals surface area contributed by atoms with E-state index in [0.717, 1.165) is 19.1 Å². The number of benzene rings is 1. The highest BCUT2D eigenvalue weighted by atomic mass is 79.9. The highest BCUT2D eigenvalue weighted by Gasteiger charge is 2.04. The third-order valence-electron chi connectivity index (χ3n) is 1.35. The Morgan fingerprint density at radius 3 is 1.76 bits per heavy atom. The van der Waals surface area contributed by atoms with Gasteiger partial charge in [-0.15, -0.1) is 0 Å². The van der Waals surface area contributed by atoms with Crippen molar-refractivity contribution in [3.05, 3.63) is 25.6 Å². The van der Waals surface area contributed by atoms with Crippen LogP contribution in [0.15, 0.2) is 25.6 Å². The molecule has 0 bridgehead atoms. The van der Waals surface area contributed by atoms with Gasteiger partial charge in [-0.25, -0.2) is 9.59 Å². The summed E-state index contributed by atoms with van der Waals surface area (Å²) in [5.74, 6) is 1.61. The van der Waals surface area contributed by atoms with E-state index in [2.05, 4.69) is 53.2 Å². The zero-order chi connectivity index (χ0) is 13.6. The third kappa shape index (κ3) is 6.01. The van der Waals surface area contributed by atoms with E-state index >= 15 is 0 Å². The summed E-state index contributed by atoms with van der Waals surface area (Å²) in [5, 5.41) is 14.8. The van der Waals surface area contributed by atoms with Crippen molar-refractivity contribution in [2.45, 2.75) is 0 Å². The molecule has 0 unspecified atom stereocenters. The Kier molecular flexibility index (Phi) is 7.35. The van der Waals surface area contributed by atoms with Gasteiger partial charge in [0.15, 0.2) is 0 Å². The number of nitrogen functional groups attached to an aromatic ring is 1. The van der Waals surface area contributed by atoms with Crippen LogP contribution in [-0.4, -0.2) is 22.2 Å². The summed E-state index contributed by atoms with van der Waals surface area (Å²) in [5.41, 5.74) is 3.41. The van der Waals surface area contributed by atoms with Crippen LogP contribution in [-0.2, 0) is 9.59 Å². The van der Waals surface area contributed by atoms with E-state index < -0.39 is 11.9 Å². The first-order valence-corrected chi connectivity index (χ1v) is 6.24. The second-order valence-corrected chi connectivity index (χ2v) is 5.06. The van der Waals surface area contributed by atoms with Gasteiger partial charge in [0, 0.05) is 13.4 Å². The number of hydrogen-bond acceptors (Lipinski definition) is 4. The number of carbonyl (C=O) groups is 2. The van der Waals surface area contributed by atoms with Crippen molar-refractivity contribution in [3.63, 3.8) is 0 Å². The fourth-order valence-corrected chi connectivity index (χ4v) is 2.08. The van der Waals surface area contributed by atoms with Crippen molar-refractivity contribution < 1.29 is 19.8 Å². The van der Waals surface area contributed by atoms with Gasteiger partial charge in [-0.3, -0.25) is 5.84 Å². The zero-order valence-electron chi connectivity index (χ0n) is 8.08. The van der Waals surface area contributed by atoms with Gasteiger partial charge in [0.25, 0.3) is 0 Å². The summed E-state index contributed by atoms with van der Waals surface area (Å²) in [7, 11) is 0. The molecule has 5 N–H and O–H groups in total. The minimum Gasteiger partial charge on any atom is -0.473 e. The van der Waals surface area contributed by atoms with Crippen LogP contribution in [0.3, 0.4) is 0 Å². The molecule has 6 nitrogen and oxygen atoms in total. The summed E-state index contributed by atoms with van der Waals surface area (Å²) in [6.07, 6.45) is 0. The van der Waals surface area contributed by atoms with Crippen molar-refractivity contribution in [1.29, 1.82) is 0 Å². The first kappa shape index (κ1) is 16.4. The van der Waals surface area contributed by atoms with Gasteiger partial charge < -0.3 is 15.6 Å². The van der Waals surface area contributed by atoms with Gasteiger partial charge in [-0.05, 0) is 59.9 Å². The molecule has 1 aromatic carbocycles. The van der Waals surface area contributed by atoms with Gasteiger partial charge in [0.05, 0.1) is 5.69 Å². The fourth-order valence-electron chi connectivity index (χ4n) is 0.633. The molecule has 0 amide bonds. The summed E-state index contributed by atoms with van der Waals surface area (Å²) >= 11 is 10.1. The van der Waals surface area contributed by atoms with E-state index in [-0.39, 0.29) is 0 Å². The minimum absolute atomic E-state index is 0.847. The number of carboxylic acids is 2. The standard InChI is InChI=1S/C6H5Br3N2.C2H2O4/c7-3-1-5(9)6(11-10)2-4(3)8;3-1(4)2(5)6/h1-2,11H,10H2;(H,3,4)(H,5,6). The predicted molar refractivity (Wildman–Crippen MR) is 72.6 cm³/mol. The lowest BCUT2D eigenvalue weighted by Crippen LogP contribution is -2.09. The van der Waals surface area contributed by atoms with E-state index in [4.69, 9.17) is 25.6 Å². The van der Waals surface area contributed by atoms with Gasteiger partial charge in [-0.2, -0.15) is 0 Å². The molecule has 94 valence electrons. The minimum atomic E-state index is -1.82. The van der Waals surface area contributed by atoms with Crippen LogP contribution in [0.4, 0.5) is 5.69 Å². The molecule has 0 aliphatic carbocycles. The predicted octanol–water partition coefficient (Wildman–Crippen LogP) is 2.42. The molecule has 1 aromatic rings. The first-order chi connectivity index (χ1) is 7.79. The number of nitrogens with two attached hydrogens (primary N) is 1. The maximum absolute atomic E-state index is 9.10. The van der Waals surface area contributed by atoms with Crippen molar-refractivity contribution in [2.24, 2.45) is 5.84 Å². The number of halogens is 3. The van der Waals surface area contributed by atoms with Crippen LogP contribution in [0, 0.1) is 0 Å².